The lowest BCUT2D eigenvalue weighted by molar-refractivity contribution is -0.253. The number of aryl methyl sites for hydroxylation is 1. The molecule has 0 radical (unpaired) electrons. The summed E-state index contributed by atoms with van der Waals surface area (Å²) >= 11 is 1.01. The Morgan fingerprint density at radius 3 is 2.67 bits per heavy atom. The first kappa shape index (κ1) is 16.0. The van der Waals surface area contributed by atoms with Crippen LogP contribution in [0.5, 0.6) is 0 Å². The number of hydrogen-bond donors (Lipinski definition) is 1. The van der Waals surface area contributed by atoms with Gasteiger partial charge in [0.05, 0.1) is 6.54 Å². The van der Waals surface area contributed by atoms with E-state index < -0.39 is 30.7 Å². The molecule has 0 unspecified atom stereocenters. The summed E-state index contributed by atoms with van der Waals surface area (Å²) in [5.74, 6) is -0.493. The van der Waals surface area contributed by atoms with Crippen molar-refractivity contribution >= 4 is 17.2 Å². The molecule has 1 saturated heterocycles. The number of nitrogens with zero attached hydrogens (tertiary/aromatic N) is 2. The summed E-state index contributed by atoms with van der Waals surface area (Å²) in [7, 11) is 0. The van der Waals surface area contributed by atoms with Crippen LogP contribution in [-0.2, 0) is 11.3 Å². The Kier molecular flexibility index (Phi) is 4.16. The Hall–Kier alpha value is -1.35. The van der Waals surface area contributed by atoms with Crippen LogP contribution in [0.2, 0.25) is 0 Å². The SMILES string of the molecule is Cc1csc(=O)n1CCC(=O)N1CC[C@](O)(C(F)(F)F)C1. The van der Waals surface area contributed by atoms with E-state index in [0.717, 1.165) is 16.2 Å². The molecule has 1 aliphatic rings. The highest BCUT2D eigenvalue weighted by atomic mass is 32.1. The molecule has 1 atom stereocenters. The minimum Gasteiger partial charge on any atom is -0.379 e. The molecule has 0 saturated carbocycles. The molecule has 5 nitrogen and oxygen atoms in total. The minimum absolute atomic E-state index is 0.0641. The number of amides is 1. The molecule has 1 fully saturated rings. The van der Waals surface area contributed by atoms with Crippen molar-refractivity contribution < 1.29 is 23.1 Å². The molecule has 0 aliphatic carbocycles. The van der Waals surface area contributed by atoms with Gasteiger partial charge in [0.15, 0.2) is 5.60 Å². The molecule has 1 amide bonds. The van der Waals surface area contributed by atoms with Crippen molar-refractivity contribution in [1.82, 2.24) is 9.47 Å². The molecule has 0 aromatic carbocycles. The van der Waals surface area contributed by atoms with E-state index in [1.807, 2.05) is 0 Å². The van der Waals surface area contributed by atoms with E-state index in [0.29, 0.717) is 5.69 Å². The van der Waals surface area contributed by atoms with Crippen molar-refractivity contribution in [3.63, 3.8) is 0 Å². The van der Waals surface area contributed by atoms with Crippen LogP contribution in [-0.4, -0.2) is 45.3 Å². The summed E-state index contributed by atoms with van der Waals surface area (Å²) in [5, 5.41) is 11.2. The zero-order chi connectivity index (χ0) is 15.8. The molecule has 118 valence electrons. The van der Waals surface area contributed by atoms with Crippen LogP contribution in [0.25, 0.3) is 0 Å². The quantitative estimate of drug-likeness (QED) is 0.907. The molecule has 1 aliphatic heterocycles. The van der Waals surface area contributed by atoms with Crippen LogP contribution in [0.3, 0.4) is 0 Å². The van der Waals surface area contributed by atoms with Crippen molar-refractivity contribution in [2.45, 2.75) is 38.1 Å². The number of thiazole rings is 1. The summed E-state index contributed by atoms with van der Waals surface area (Å²) in [6, 6.07) is 0. The molecule has 2 heterocycles. The van der Waals surface area contributed by atoms with E-state index in [2.05, 4.69) is 0 Å². The third kappa shape index (κ3) is 3.13. The van der Waals surface area contributed by atoms with E-state index in [4.69, 9.17) is 0 Å². The topological polar surface area (TPSA) is 62.5 Å². The summed E-state index contributed by atoms with van der Waals surface area (Å²) in [6.45, 7) is 0.980. The zero-order valence-electron chi connectivity index (χ0n) is 11.3. The average molecular weight is 324 g/mol. The van der Waals surface area contributed by atoms with Gasteiger partial charge in [-0.15, -0.1) is 0 Å². The molecule has 9 heteroatoms. The Bertz CT molecular complexity index is 595. The Labute approximate surface area is 122 Å². The number of hydrogen-bond acceptors (Lipinski definition) is 4. The lowest BCUT2D eigenvalue weighted by Gasteiger charge is -2.25. The van der Waals surface area contributed by atoms with Crippen molar-refractivity contribution in [3.8, 4) is 0 Å². The van der Waals surface area contributed by atoms with Gasteiger partial charge in [-0.2, -0.15) is 13.2 Å². The third-order valence-corrected chi connectivity index (χ3v) is 4.53. The highest BCUT2D eigenvalue weighted by Gasteiger charge is 2.57. The van der Waals surface area contributed by atoms with Crippen LogP contribution in [0.15, 0.2) is 10.2 Å². The monoisotopic (exact) mass is 324 g/mol. The summed E-state index contributed by atoms with van der Waals surface area (Å²) in [4.78, 5) is 24.2. The highest BCUT2D eigenvalue weighted by Crippen LogP contribution is 2.37. The van der Waals surface area contributed by atoms with Crippen molar-refractivity contribution in [2.75, 3.05) is 13.1 Å². The summed E-state index contributed by atoms with van der Waals surface area (Å²) in [5.41, 5.74) is -2.11. The second-order valence-corrected chi connectivity index (χ2v) is 5.96. The minimum atomic E-state index is -4.75. The summed E-state index contributed by atoms with van der Waals surface area (Å²) < 4.78 is 39.4. The van der Waals surface area contributed by atoms with E-state index in [-0.39, 0.29) is 24.4 Å². The maximum Gasteiger partial charge on any atom is 0.419 e. The van der Waals surface area contributed by atoms with E-state index >= 15 is 0 Å². The average Bonchev–Trinajstić information content (AvgIpc) is 2.92. The van der Waals surface area contributed by atoms with Crippen LogP contribution in [0, 0.1) is 6.92 Å². The molecule has 1 aromatic heterocycles. The number of halogens is 3. The van der Waals surface area contributed by atoms with Gasteiger partial charge in [-0.05, 0) is 6.92 Å². The molecular formula is C12H15F3N2O3S. The number of aromatic nitrogens is 1. The molecule has 1 N–H and O–H groups in total. The van der Waals surface area contributed by atoms with Gasteiger partial charge in [-0.25, -0.2) is 0 Å². The summed E-state index contributed by atoms with van der Waals surface area (Å²) in [6.07, 6.45) is -5.33. The Morgan fingerprint density at radius 2 is 2.19 bits per heavy atom. The maximum absolute atomic E-state index is 12.7. The second-order valence-electron chi connectivity index (χ2n) is 5.14. The van der Waals surface area contributed by atoms with Crippen molar-refractivity contribution in [2.24, 2.45) is 0 Å². The van der Waals surface area contributed by atoms with Gasteiger partial charge < -0.3 is 14.6 Å². The number of rotatable bonds is 3. The van der Waals surface area contributed by atoms with Crippen LogP contribution in [0.1, 0.15) is 18.5 Å². The molecular weight excluding hydrogens is 309 g/mol. The van der Waals surface area contributed by atoms with Gasteiger partial charge in [0.2, 0.25) is 5.91 Å². The number of aliphatic hydroxyl groups is 1. The zero-order valence-corrected chi connectivity index (χ0v) is 12.1. The van der Waals surface area contributed by atoms with Gasteiger partial charge in [0.25, 0.3) is 0 Å². The molecule has 0 spiro atoms. The van der Waals surface area contributed by atoms with Gasteiger partial charge in [-0.1, -0.05) is 11.3 Å². The van der Waals surface area contributed by atoms with Gasteiger partial charge in [-0.3, -0.25) is 9.59 Å². The van der Waals surface area contributed by atoms with Crippen LogP contribution < -0.4 is 4.87 Å². The molecule has 21 heavy (non-hydrogen) atoms. The predicted octanol–water partition coefficient (Wildman–Crippen LogP) is 1.13. The normalized spacial score (nSPS) is 22.8. The first-order valence-electron chi connectivity index (χ1n) is 6.36. The van der Waals surface area contributed by atoms with Gasteiger partial charge in [0.1, 0.15) is 0 Å². The van der Waals surface area contributed by atoms with E-state index in [1.54, 1.807) is 12.3 Å². The Morgan fingerprint density at radius 1 is 1.52 bits per heavy atom. The molecule has 2 rings (SSSR count). The van der Waals surface area contributed by atoms with Gasteiger partial charge in [0, 0.05) is 37.0 Å². The fourth-order valence-corrected chi connectivity index (χ4v) is 3.04. The fourth-order valence-electron chi connectivity index (χ4n) is 2.28. The molecule has 0 bridgehead atoms. The van der Waals surface area contributed by atoms with Gasteiger partial charge >= 0.3 is 11.0 Å². The van der Waals surface area contributed by atoms with Crippen LogP contribution in [0.4, 0.5) is 13.2 Å². The number of likely N-dealkylation sites (tertiary alicyclic amines) is 1. The van der Waals surface area contributed by atoms with Crippen molar-refractivity contribution in [3.05, 3.63) is 20.7 Å². The smallest absolute Gasteiger partial charge is 0.379 e. The number of carbonyl (C=O) groups is 1. The first-order valence-corrected chi connectivity index (χ1v) is 7.24. The maximum atomic E-state index is 12.7. The first-order chi connectivity index (χ1) is 9.64. The third-order valence-electron chi connectivity index (χ3n) is 3.65. The number of carbonyl (C=O) groups excluding carboxylic acids is 1. The second kappa shape index (κ2) is 5.45. The fraction of sp³-hybridized carbons (Fsp3) is 0.667. The number of alkyl halides is 3. The predicted molar refractivity (Wildman–Crippen MR) is 70.1 cm³/mol. The highest BCUT2D eigenvalue weighted by molar-refractivity contribution is 7.07. The Balaban J connectivity index is 1.96. The van der Waals surface area contributed by atoms with Crippen LogP contribution >= 0.6 is 11.3 Å². The molecule has 1 aromatic rings. The lowest BCUT2D eigenvalue weighted by Crippen LogP contribution is -2.48. The van der Waals surface area contributed by atoms with E-state index in [1.165, 1.54) is 4.57 Å². The largest absolute Gasteiger partial charge is 0.419 e. The van der Waals surface area contributed by atoms with Crippen molar-refractivity contribution in [1.29, 1.82) is 0 Å². The number of β-amino-alcohol motifs (C(OH)–C–C–N with tert-alkyl or cyclic N) is 1. The van der Waals surface area contributed by atoms with E-state index in [9.17, 15) is 27.9 Å². The standard InChI is InChI=1S/C12H15F3N2O3S/c1-8-6-21-10(19)17(8)4-2-9(18)16-5-3-11(20,7-16)12(13,14)15/h6,20H,2-5,7H2,1H3/t11-/m1/s1. The lowest BCUT2D eigenvalue weighted by atomic mass is 10.0.